The van der Waals surface area contributed by atoms with Crippen molar-refractivity contribution in [1.82, 2.24) is 10.2 Å². The molecule has 9 heteroatoms. The Labute approximate surface area is 169 Å². The molecule has 1 saturated carbocycles. The average Bonchev–Trinajstić information content (AvgIpc) is 2.85. The molecule has 0 spiro atoms. The van der Waals surface area contributed by atoms with Crippen molar-refractivity contribution >= 4 is 12.0 Å². The van der Waals surface area contributed by atoms with Crippen LogP contribution in [0.2, 0.25) is 0 Å². The normalized spacial score (nSPS) is 35.3. The predicted molar refractivity (Wildman–Crippen MR) is 99.0 cm³/mol. The van der Waals surface area contributed by atoms with Gasteiger partial charge in [0.2, 0.25) is 5.91 Å². The number of nitrogens with zero attached hydrogens (tertiary/aromatic N) is 1. The number of aliphatic hydroxyl groups is 1. The number of halogens is 3. The Hall–Kier alpha value is -1.51. The van der Waals surface area contributed by atoms with Crippen LogP contribution in [0.15, 0.2) is 0 Å². The highest BCUT2D eigenvalue weighted by molar-refractivity contribution is 5.80. The second-order valence-corrected chi connectivity index (χ2v) is 9.75. The quantitative estimate of drug-likeness (QED) is 0.717. The van der Waals surface area contributed by atoms with Gasteiger partial charge in [0.05, 0.1) is 0 Å². The van der Waals surface area contributed by atoms with Crippen molar-refractivity contribution in [2.75, 3.05) is 0 Å². The van der Waals surface area contributed by atoms with Crippen LogP contribution in [0.25, 0.3) is 0 Å². The Balaban J connectivity index is 1.52. The Morgan fingerprint density at radius 3 is 2.00 bits per heavy atom. The van der Waals surface area contributed by atoms with E-state index in [0.717, 1.165) is 12.8 Å². The molecule has 0 aromatic heterocycles. The van der Waals surface area contributed by atoms with Gasteiger partial charge >= 0.3 is 12.3 Å². The van der Waals surface area contributed by atoms with Crippen LogP contribution in [0, 0.1) is 5.92 Å². The van der Waals surface area contributed by atoms with Gasteiger partial charge in [0.1, 0.15) is 5.60 Å². The van der Waals surface area contributed by atoms with Crippen molar-refractivity contribution in [1.29, 1.82) is 0 Å². The number of piperidine rings is 1. The topological polar surface area (TPSA) is 78.9 Å². The largest absolute Gasteiger partial charge is 0.444 e. The summed E-state index contributed by atoms with van der Waals surface area (Å²) in [4.78, 5) is 27.0. The molecule has 1 aliphatic carbocycles. The van der Waals surface area contributed by atoms with Crippen LogP contribution in [0.5, 0.6) is 0 Å². The molecule has 2 amide bonds. The fraction of sp³-hybridized carbons (Fsp3) is 0.900. The zero-order valence-corrected chi connectivity index (χ0v) is 17.2. The highest BCUT2D eigenvalue weighted by atomic mass is 19.4. The standard InChI is InChI=1S/C20H31F3N2O4/c1-18(2,3)29-17(27)25-14-4-5-15(25)11-12(10-14)16(26)24-13-6-8-19(28,9-7-13)20(21,22)23/h12-15,28H,4-11H2,1-3H3,(H,24,26)/t12-,13-,14-,15+,19-. The van der Waals surface area contributed by atoms with Gasteiger partial charge in [0.25, 0.3) is 0 Å². The number of hydrogen-bond donors (Lipinski definition) is 2. The van der Waals surface area contributed by atoms with E-state index in [-0.39, 0.29) is 48.9 Å². The van der Waals surface area contributed by atoms with Crippen molar-refractivity contribution in [3.8, 4) is 0 Å². The first-order valence-corrected chi connectivity index (χ1v) is 10.4. The number of hydrogen-bond acceptors (Lipinski definition) is 4. The number of nitrogens with one attached hydrogen (secondary N) is 1. The third-order valence-corrected chi connectivity index (χ3v) is 6.39. The molecule has 166 valence electrons. The van der Waals surface area contributed by atoms with Crippen LogP contribution in [0.4, 0.5) is 18.0 Å². The second-order valence-electron chi connectivity index (χ2n) is 9.75. The summed E-state index contributed by atoms with van der Waals surface area (Å²) in [6, 6.07) is -0.436. The van der Waals surface area contributed by atoms with E-state index >= 15 is 0 Å². The molecule has 3 rings (SSSR count). The van der Waals surface area contributed by atoms with E-state index in [1.807, 2.05) is 20.8 Å². The van der Waals surface area contributed by atoms with Crippen molar-refractivity contribution < 1.29 is 32.6 Å². The first-order valence-electron chi connectivity index (χ1n) is 10.4. The van der Waals surface area contributed by atoms with Gasteiger partial charge in [0, 0.05) is 24.0 Å². The van der Waals surface area contributed by atoms with Crippen LogP contribution in [0.3, 0.4) is 0 Å². The van der Waals surface area contributed by atoms with Gasteiger partial charge in [-0.2, -0.15) is 13.2 Å². The van der Waals surface area contributed by atoms with E-state index in [2.05, 4.69) is 5.32 Å². The van der Waals surface area contributed by atoms with E-state index in [1.165, 1.54) is 0 Å². The van der Waals surface area contributed by atoms with Gasteiger partial charge in [-0.15, -0.1) is 0 Å². The lowest BCUT2D eigenvalue weighted by atomic mass is 9.81. The van der Waals surface area contributed by atoms with E-state index in [4.69, 9.17) is 4.74 Å². The van der Waals surface area contributed by atoms with Gasteiger partial charge in [-0.1, -0.05) is 0 Å². The van der Waals surface area contributed by atoms with E-state index in [0.29, 0.717) is 12.8 Å². The molecule has 3 fully saturated rings. The van der Waals surface area contributed by atoms with Crippen LogP contribution >= 0.6 is 0 Å². The van der Waals surface area contributed by atoms with Crippen LogP contribution in [-0.4, -0.2) is 57.5 Å². The highest BCUT2D eigenvalue weighted by Crippen LogP contribution is 2.42. The third-order valence-electron chi connectivity index (χ3n) is 6.39. The lowest BCUT2D eigenvalue weighted by Gasteiger charge is -2.40. The Morgan fingerprint density at radius 2 is 1.55 bits per heavy atom. The summed E-state index contributed by atoms with van der Waals surface area (Å²) in [5, 5.41) is 12.6. The molecule has 0 unspecified atom stereocenters. The molecule has 3 atom stereocenters. The molecule has 0 radical (unpaired) electrons. The number of fused-ring (bicyclic) bond motifs is 2. The highest BCUT2D eigenvalue weighted by Gasteiger charge is 2.55. The van der Waals surface area contributed by atoms with E-state index in [1.54, 1.807) is 4.90 Å². The molecule has 29 heavy (non-hydrogen) atoms. The van der Waals surface area contributed by atoms with Crippen molar-refractivity contribution in [2.45, 2.75) is 108 Å². The zero-order valence-electron chi connectivity index (χ0n) is 17.2. The fourth-order valence-electron chi connectivity index (χ4n) is 4.85. The summed E-state index contributed by atoms with van der Waals surface area (Å²) in [5.74, 6) is -0.414. The zero-order chi connectivity index (χ0) is 21.6. The van der Waals surface area contributed by atoms with Crippen LogP contribution in [0.1, 0.15) is 72.1 Å². The Kier molecular flexibility index (Phi) is 5.84. The number of alkyl halides is 3. The molecular formula is C20H31F3N2O4. The number of rotatable bonds is 2. The van der Waals surface area contributed by atoms with Crippen molar-refractivity contribution in [3.63, 3.8) is 0 Å². The summed E-state index contributed by atoms with van der Waals surface area (Å²) in [5.41, 5.74) is -3.23. The van der Waals surface area contributed by atoms with Crippen molar-refractivity contribution in [2.24, 2.45) is 5.92 Å². The molecule has 6 nitrogen and oxygen atoms in total. The smallest absolute Gasteiger partial charge is 0.417 e. The number of amides is 2. The first kappa shape index (κ1) is 22.2. The van der Waals surface area contributed by atoms with Crippen molar-refractivity contribution in [3.05, 3.63) is 0 Å². The fourth-order valence-corrected chi connectivity index (χ4v) is 4.85. The lowest BCUT2D eigenvalue weighted by molar-refractivity contribution is -0.270. The predicted octanol–water partition coefficient (Wildman–Crippen LogP) is 3.52. The molecule has 2 saturated heterocycles. The van der Waals surface area contributed by atoms with E-state index < -0.39 is 30.2 Å². The molecule has 2 heterocycles. The number of carbonyl (C=O) groups excluding carboxylic acids is 2. The molecule has 0 aromatic carbocycles. The lowest BCUT2D eigenvalue weighted by Crippen LogP contribution is -2.54. The molecule has 2 bridgehead atoms. The van der Waals surface area contributed by atoms with Gasteiger partial charge in [0.15, 0.2) is 5.60 Å². The SMILES string of the molecule is CC(C)(C)OC(=O)N1[C@@H]2CC[C@H]1C[C@H](C(=O)N[C@H]1CC[C@@](O)(C(F)(F)F)CC1)C2. The number of ether oxygens (including phenoxy) is 1. The minimum Gasteiger partial charge on any atom is -0.444 e. The van der Waals surface area contributed by atoms with Crippen LogP contribution in [-0.2, 0) is 9.53 Å². The van der Waals surface area contributed by atoms with Gasteiger partial charge in [-0.05, 0) is 72.1 Å². The minimum absolute atomic E-state index is 0.0407. The molecule has 0 aromatic rings. The van der Waals surface area contributed by atoms with Gasteiger partial charge < -0.3 is 20.1 Å². The Bertz CT molecular complexity index is 625. The number of carbonyl (C=O) groups is 2. The summed E-state index contributed by atoms with van der Waals surface area (Å²) in [6.07, 6.45) is -2.84. The van der Waals surface area contributed by atoms with Crippen LogP contribution < -0.4 is 5.32 Å². The van der Waals surface area contributed by atoms with Gasteiger partial charge in [-0.25, -0.2) is 4.79 Å². The third kappa shape index (κ3) is 4.81. The second kappa shape index (κ2) is 7.63. The maximum Gasteiger partial charge on any atom is 0.417 e. The first-order chi connectivity index (χ1) is 13.3. The Morgan fingerprint density at radius 1 is 1.03 bits per heavy atom. The summed E-state index contributed by atoms with van der Waals surface area (Å²) in [7, 11) is 0. The molecule has 3 aliphatic rings. The maximum absolute atomic E-state index is 12.9. The monoisotopic (exact) mass is 420 g/mol. The minimum atomic E-state index is -4.64. The molecular weight excluding hydrogens is 389 g/mol. The summed E-state index contributed by atoms with van der Waals surface area (Å²) in [6.45, 7) is 5.45. The van der Waals surface area contributed by atoms with Gasteiger partial charge in [-0.3, -0.25) is 4.79 Å². The maximum atomic E-state index is 12.9. The summed E-state index contributed by atoms with van der Waals surface area (Å²) < 4.78 is 44.3. The summed E-state index contributed by atoms with van der Waals surface area (Å²) >= 11 is 0. The molecule has 2 aliphatic heterocycles. The van der Waals surface area contributed by atoms with E-state index in [9.17, 15) is 27.9 Å². The average molecular weight is 420 g/mol. The molecule has 2 N–H and O–H groups in total.